The predicted molar refractivity (Wildman–Crippen MR) is 107 cm³/mol. The minimum absolute atomic E-state index is 0.120. The Morgan fingerprint density at radius 1 is 1.29 bits per heavy atom. The lowest BCUT2D eigenvalue weighted by Gasteiger charge is -2.27. The number of benzene rings is 1. The van der Waals surface area contributed by atoms with E-state index in [1.807, 2.05) is 29.0 Å². The van der Waals surface area contributed by atoms with Crippen LogP contribution in [-0.4, -0.2) is 43.9 Å². The Bertz CT molecular complexity index is 1060. The lowest BCUT2D eigenvalue weighted by Crippen LogP contribution is -2.34. The highest BCUT2D eigenvalue weighted by atomic mass is 16.2. The highest BCUT2D eigenvalue weighted by Gasteiger charge is 2.32. The molecule has 1 amide bonds. The van der Waals surface area contributed by atoms with E-state index in [0.29, 0.717) is 12.5 Å². The Kier molecular flexibility index (Phi) is 3.79. The number of hydrogen-bond donors (Lipinski definition) is 1. The quantitative estimate of drug-likeness (QED) is 0.747. The topological polar surface area (TPSA) is 70.1 Å². The van der Waals surface area contributed by atoms with Gasteiger partial charge in [0.1, 0.15) is 0 Å². The molecule has 1 atom stereocenters. The molecule has 0 spiro atoms. The van der Waals surface area contributed by atoms with Gasteiger partial charge in [-0.25, -0.2) is 0 Å². The van der Waals surface area contributed by atoms with Crippen LogP contribution in [0, 0.1) is 0 Å². The van der Waals surface area contributed by atoms with Crippen LogP contribution in [0.15, 0.2) is 30.6 Å². The number of nitrogens with one attached hydrogen (secondary N) is 1. The van der Waals surface area contributed by atoms with Crippen LogP contribution in [0.2, 0.25) is 0 Å². The maximum atomic E-state index is 11.9. The van der Waals surface area contributed by atoms with E-state index in [4.69, 9.17) is 0 Å². The molecule has 3 aromatic rings. The van der Waals surface area contributed by atoms with Gasteiger partial charge in [-0.2, -0.15) is 10.2 Å². The number of aromatic nitrogens is 4. The number of fused-ring (bicyclic) bond motifs is 2. The fourth-order valence-electron chi connectivity index (χ4n) is 4.39. The fraction of sp³-hybridized carbons (Fsp3) is 0.381. The standard InChI is InChI=1S/C21H24N6O/c1-13-10-27(21-18-12-26(14(2)28)7-6-19(18)23-24-21)20-5-4-15(8-17(13)20)16-9-22-25(3)11-16/h4-5,8-9,11,13H,6-7,10,12H2,1-3H3,(H,23,24)/t13-/m1/s1. The molecule has 0 radical (unpaired) electrons. The van der Waals surface area contributed by atoms with Gasteiger partial charge in [-0.15, -0.1) is 0 Å². The number of carbonyl (C=O) groups is 1. The lowest BCUT2D eigenvalue weighted by molar-refractivity contribution is -0.129. The van der Waals surface area contributed by atoms with E-state index in [1.54, 1.807) is 6.92 Å². The minimum atomic E-state index is 0.120. The Morgan fingerprint density at radius 2 is 2.14 bits per heavy atom. The summed E-state index contributed by atoms with van der Waals surface area (Å²) in [6, 6.07) is 6.62. The lowest BCUT2D eigenvalue weighted by atomic mass is 9.99. The molecule has 28 heavy (non-hydrogen) atoms. The normalized spacial score (nSPS) is 18.3. The van der Waals surface area contributed by atoms with Gasteiger partial charge in [0.05, 0.1) is 12.7 Å². The molecule has 5 rings (SSSR count). The van der Waals surface area contributed by atoms with E-state index in [0.717, 1.165) is 42.1 Å². The number of aryl methyl sites for hydroxylation is 1. The highest BCUT2D eigenvalue weighted by molar-refractivity contribution is 5.77. The molecule has 0 saturated carbocycles. The zero-order chi connectivity index (χ0) is 19.4. The van der Waals surface area contributed by atoms with Crippen LogP contribution in [-0.2, 0) is 24.8 Å². The average Bonchev–Trinajstić information content (AvgIpc) is 3.38. The van der Waals surface area contributed by atoms with Crippen molar-refractivity contribution in [1.29, 1.82) is 0 Å². The Labute approximate surface area is 164 Å². The van der Waals surface area contributed by atoms with Crippen LogP contribution in [0.1, 0.15) is 36.6 Å². The number of rotatable bonds is 2. The number of anilines is 2. The van der Waals surface area contributed by atoms with Crippen molar-refractivity contribution < 1.29 is 4.79 Å². The number of aromatic amines is 1. The number of carbonyl (C=O) groups excluding carboxylic acids is 1. The maximum absolute atomic E-state index is 11.9. The second kappa shape index (κ2) is 6.22. The molecule has 0 unspecified atom stereocenters. The van der Waals surface area contributed by atoms with Crippen molar-refractivity contribution in [3.05, 3.63) is 47.4 Å². The number of amides is 1. The van der Waals surface area contributed by atoms with Gasteiger partial charge in [0.15, 0.2) is 5.82 Å². The zero-order valence-corrected chi connectivity index (χ0v) is 16.4. The molecule has 2 aromatic heterocycles. The van der Waals surface area contributed by atoms with Gasteiger partial charge in [-0.05, 0) is 23.3 Å². The zero-order valence-electron chi connectivity index (χ0n) is 16.4. The van der Waals surface area contributed by atoms with E-state index in [2.05, 4.69) is 45.3 Å². The van der Waals surface area contributed by atoms with Crippen LogP contribution in [0.3, 0.4) is 0 Å². The summed E-state index contributed by atoms with van der Waals surface area (Å²) in [5, 5.41) is 12.1. The largest absolute Gasteiger partial charge is 0.338 e. The number of H-pyrrole nitrogens is 1. The van der Waals surface area contributed by atoms with Gasteiger partial charge >= 0.3 is 0 Å². The summed E-state index contributed by atoms with van der Waals surface area (Å²) in [6.45, 7) is 6.17. The Hall–Kier alpha value is -3.09. The summed E-state index contributed by atoms with van der Waals surface area (Å²) in [5.74, 6) is 1.49. The summed E-state index contributed by atoms with van der Waals surface area (Å²) in [7, 11) is 1.94. The van der Waals surface area contributed by atoms with Crippen LogP contribution in [0.25, 0.3) is 11.1 Å². The molecular weight excluding hydrogens is 352 g/mol. The molecule has 1 N–H and O–H groups in total. The van der Waals surface area contributed by atoms with Crippen molar-refractivity contribution in [3.63, 3.8) is 0 Å². The molecule has 0 aliphatic carbocycles. The molecule has 2 aliphatic heterocycles. The van der Waals surface area contributed by atoms with E-state index in [1.165, 1.54) is 16.8 Å². The van der Waals surface area contributed by atoms with Gasteiger partial charge in [0.25, 0.3) is 0 Å². The second-order valence-corrected chi connectivity index (χ2v) is 7.88. The summed E-state index contributed by atoms with van der Waals surface area (Å²) in [6.07, 6.45) is 4.78. The molecule has 144 valence electrons. The van der Waals surface area contributed by atoms with Crippen molar-refractivity contribution >= 4 is 17.4 Å². The SMILES string of the molecule is CC(=O)N1CCc2[nH]nc(N3C[C@@H](C)c4cc(-c5cnn(C)c5)ccc43)c2C1. The smallest absolute Gasteiger partial charge is 0.219 e. The van der Waals surface area contributed by atoms with Gasteiger partial charge in [-0.1, -0.05) is 13.0 Å². The molecule has 1 aromatic carbocycles. The van der Waals surface area contributed by atoms with Gasteiger partial charge in [-0.3, -0.25) is 14.6 Å². The summed E-state index contributed by atoms with van der Waals surface area (Å²) in [5.41, 5.74) is 7.16. The number of hydrogen-bond acceptors (Lipinski definition) is 4. The van der Waals surface area contributed by atoms with Crippen LogP contribution in [0.4, 0.5) is 11.5 Å². The summed E-state index contributed by atoms with van der Waals surface area (Å²) in [4.78, 5) is 16.1. The van der Waals surface area contributed by atoms with Crippen molar-refractivity contribution in [2.24, 2.45) is 7.05 Å². The molecule has 7 nitrogen and oxygen atoms in total. The molecule has 0 bridgehead atoms. The molecule has 0 saturated heterocycles. The Balaban J connectivity index is 1.52. The molecule has 7 heteroatoms. The van der Waals surface area contributed by atoms with Crippen LogP contribution < -0.4 is 4.90 Å². The van der Waals surface area contributed by atoms with Gasteiger partial charge in [0, 0.05) is 68.1 Å². The highest BCUT2D eigenvalue weighted by Crippen LogP contribution is 2.43. The van der Waals surface area contributed by atoms with Crippen LogP contribution in [0.5, 0.6) is 0 Å². The van der Waals surface area contributed by atoms with Crippen molar-refractivity contribution in [2.45, 2.75) is 32.7 Å². The van der Waals surface area contributed by atoms with Crippen molar-refractivity contribution in [2.75, 3.05) is 18.0 Å². The first kappa shape index (κ1) is 17.0. The summed E-state index contributed by atoms with van der Waals surface area (Å²) >= 11 is 0. The minimum Gasteiger partial charge on any atom is -0.338 e. The van der Waals surface area contributed by atoms with E-state index >= 15 is 0 Å². The fourth-order valence-corrected chi connectivity index (χ4v) is 4.39. The van der Waals surface area contributed by atoms with Gasteiger partial charge in [0.2, 0.25) is 5.91 Å². The monoisotopic (exact) mass is 376 g/mol. The van der Waals surface area contributed by atoms with Crippen LogP contribution >= 0.6 is 0 Å². The molecular formula is C21H24N6O. The van der Waals surface area contributed by atoms with E-state index < -0.39 is 0 Å². The third-order valence-corrected chi connectivity index (χ3v) is 5.96. The first-order valence-corrected chi connectivity index (χ1v) is 9.73. The number of nitrogens with zero attached hydrogens (tertiary/aromatic N) is 5. The van der Waals surface area contributed by atoms with Crippen molar-refractivity contribution in [1.82, 2.24) is 24.9 Å². The predicted octanol–water partition coefficient (Wildman–Crippen LogP) is 2.97. The van der Waals surface area contributed by atoms with E-state index in [9.17, 15) is 4.79 Å². The average molecular weight is 376 g/mol. The molecule has 4 heterocycles. The third-order valence-electron chi connectivity index (χ3n) is 5.96. The summed E-state index contributed by atoms with van der Waals surface area (Å²) < 4.78 is 1.83. The molecule has 0 fully saturated rings. The van der Waals surface area contributed by atoms with Crippen molar-refractivity contribution in [3.8, 4) is 11.1 Å². The molecule has 2 aliphatic rings. The van der Waals surface area contributed by atoms with Gasteiger partial charge < -0.3 is 9.80 Å². The van der Waals surface area contributed by atoms with E-state index in [-0.39, 0.29) is 5.91 Å². The first-order chi connectivity index (χ1) is 13.5. The first-order valence-electron chi connectivity index (χ1n) is 9.73. The second-order valence-electron chi connectivity index (χ2n) is 7.88. The maximum Gasteiger partial charge on any atom is 0.219 e. The Morgan fingerprint density at radius 3 is 2.89 bits per heavy atom. The third kappa shape index (κ3) is 2.61.